The molecule has 12 heavy (non-hydrogen) atoms. The molecule has 0 aliphatic carbocycles. The number of rotatable bonds is 6. The van der Waals surface area contributed by atoms with Crippen molar-refractivity contribution in [3.63, 3.8) is 0 Å². The fourth-order valence-electron chi connectivity index (χ4n) is 0.729. The molecule has 0 unspecified atom stereocenters. The maximum atomic E-state index is 11.1. The Labute approximate surface area is 75.3 Å². The number of ether oxygens (including phenoxy) is 1. The number of ketones is 1. The van der Waals surface area contributed by atoms with Gasteiger partial charge in [0.05, 0.1) is 5.60 Å². The number of hydrogen-bond donors (Lipinski definition) is 0. The van der Waals surface area contributed by atoms with Crippen LogP contribution in [0, 0.1) is 0 Å². The molecule has 0 N–H and O–H groups in total. The smallest absolute Gasteiger partial charge is 0.158 e. The summed E-state index contributed by atoms with van der Waals surface area (Å²) in [6, 6.07) is 0. The van der Waals surface area contributed by atoms with Crippen LogP contribution in [0.15, 0.2) is 0 Å². The largest absolute Gasteiger partial charge is 0.368 e. The van der Waals surface area contributed by atoms with Gasteiger partial charge in [-0.05, 0) is 26.7 Å². The third-order valence-electron chi connectivity index (χ3n) is 2.00. The monoisotopic (exact) mass is 172 g/mol. The Hall–Kier alpha value is -0.370. The summed E-state index contributed by atoms with van der Waals surface area (Å²) < 4.78 is 5.44. The summed E-state index contributed by atoms with van der Waals surface area (Å²) in [5, 5.41) is 0. The Kier molecular flexibility index (Phi) is 5.14. The summed E-state index contributed by atoms with van der Waals surface area (Å²) in [4.78, 5) is 11.1. The zero-order valence-electron chi connectivity index (χ0n) is 8.64. The molecule has 0 atom stereocenters. The lowest BCUT2D eigenvalue weighted by atomic mass is 10.1. The van der Waals surface area contributed by atoms with Gasteiger partial charge in [-0.25, -0.2) is 0 Å². The normalized spacial score (nSPS) is 11.7. The molecule has 0 aromatic rings. The van der Waals surface area contributed by atoms with Crippen LogP contribution in [0.3, 0.4) is 0 Å². The third kappa shape index (κ3) is 5.30. The third-order valence-corrected chi connectivity index (χ3v) is 2.00. The fraction of sp³-hybridized carbons (Fsp3) is 0.900. The standard InChI is InChI=1S/C10H20O2/c1-5-7-9(11)8-12-10(3,4)6-2/h5-8H2,1-4H3. The van der Waals surface area contributed by atoms with Crippen molar-refractivity contribution in [2.24, 2.45) is 0 Å². The van der Waals surface area contributed by atoms with E-state index in [2.05, 4.69) is 6.92 Å². The maximum absolute atomic E-state index is 11.1. The van der Waals surface area contributed by atoms with E-state index in [1.807, 2.05) is 20.8 Å². The summed E-state index contributed by atoms with van der Waals surface area (Å²) >= 11 is 0. The highest BCUT2D eigenvalue weighted by atomic mass is 16.5. The van der Waals surface area contributed by atoms with Gasteiger partial charge < -0.3 is 4.74 Å². The summed E-state index contributed by atoms with van der Waals surface area (Å²) in [7, 11) is 0. The van der Waals surface area contributed by atoms with E-state index in [0.29, 0.717) is 6.42 Å². The van der Waals surface area contributed by atoms with E-state index in [-0.39, 0.29) is 18.0 Å². The first-order valence-electron chi connectivity index (χ1n) is 4.67. The molecule has 0 aromatic heterocycles. The average Bonchev–Trinajstić information content (AvgIpc) is 2.02. The quantitative estimate of drug-likeness (QED) is 0.615. The minimum absolute atomic E-state index is 0.149. The van der Waals surface area contributed by atoms with E-state index < -0.39 is 0 Å². The highest BCUT2D eigenvalue weighted by molar-refractivity contribution is 5.79. The molecule has 0 amide bonds. The number of Topliss-reactive ketones (excluding diaryl/α,β-unsaturated/α-hetero) is 1. The Morgan fingerprint density at radius 1 is 1.33 bits per heavy atom. The molecule has 2 nitrogen and oxygen atoms in total. The summed E-state index contributed by atoms with van der Waals surface area (Å²) in [5.74, 6) is 0.207. The van der Waals surface area contributed by atoms with Gasteiger partial charge in [-0.1, -0.05) is 13.8 Å². The second-order valence-corrected chi connectivity index (χ2v) is 3.69. The topological polar surface area (TPSA) is 26.3 Å². The molecule has 72 valence electrons. The van der Waals surface area contributed by atoms with E-state index in [4.69, 9.17) is 4.74 Å². The van der Waals surface area contributed by atoms with Crippen LogP contribution in [-0.2, 0) is 9.53 Å². The molecule has 0 aromatic carbocycles. The van der Waals surface area contributed by atoms with Crippen molar-refractivity contribution in [1.82, 2.24) is 0 Å². The van der Waals surface area contributed by atoms with Crippen molar-refractivity contribution >= 4 is 5.78 Å². The predicted octanol–water partition coefficient (Wildman–Crippen LogP) is 2.56. The van der Waals surface area contributed by atoms with Crippen LogP contribution in [0.2, 0.25) is 0 Å². The van der Waals surface area contributed by atoms with E-state index in [0.717, 1.165) is 12.8 Å². The lowest BCUT2D eigenvalue weighted by Crippen LogP contribution is -2.26. The molecular formula is C10H20O2. The van der Waals surface area contributed by atoms with Crippen LogP contribution >= 0.6 is 0 Å². The summed E-state index contributed by atoms with van der Waals surface area (Å²) in [6.45, 7) is 8.35. The Balaban J connectivity index is 3.60. The Morgan fingerprint density at radius 3 is 2.33 bits per heavy atom. The molecular weight excluding hydrogens is 152 g/mol. The van der Waals surface area contributed by atoms with E-state index in [9.17, 15) is 4.79 Å². The van der Waals surface area contributed by atoms with Gasteiger partial charge >= 0.3 is 0 Å². The molecule has 2 heteroatoms. The first-order chi connectivity index (χ1) is 5.52. The van der Waals surface area contributed by atoms with Crippen LogP contribution in [-0.4, -0.2) is 18.0 Å². The molecule has 0 aliphatic heterocycles. The molecule has 0 rings (SSSR count). The van der Waals surface area contributed by atoms with Gasteiger partial charge in [0.15, 0.2) is 5.78 Å². The second kappa shape index (κ2) is 5.31. The van der Waals surface area contributed by atoms with Crippen LogP contribution in [0.4, 0.5) is 0 Å². The molecule has 0 spiro atoms. The van der Waals surface area contributed by atoms with Gasteiger partial charge in [0.1, 0.15) is 6.61 Å². The first-order valence-corrected chi connectivity index (χ1v) is 4.67. The molecule has 0 heterocycles. The van der Waals surface area contributed by atoms with E-state index >= 15 is 0 Å². The van der Waals surface area contributed by atoms with Gasteiger partial charge in [0.2, 0.25) is 0 Å². The van der Waals surface area contributed by atoms with Crippen LogP contribution in [0.25, 0.3) is 0 Å². The average molecular weight is 172 g/mol. The van der Waals surface area contributed by atoms with Crippen molar-refractivity contribution in [2.45, 2.75) is 52.6 Å². The Bertz CT molecular complexity index is 139. The van der Waals surface area contributed by atoms with Crippen LogP contribution in [0.5, 0.6) is 0 Å². The number of carbonyl (C=O) groups excluding carboxylic acids is 1. The van der Waals surface area contributed by atoms with Gasteiger partial charge in [-0.2, -0.15) is 0 Å². The molecule has 0 radical (unpaired) electrons. The van der Waals surface area contributed by atoms with E-state index in [1.165, 1.54) is 0 Å². The fourth-order valence-corrected chi connectivity index (χ4v) is 0.729. The zero-order chi connectivity index (χ0) is 9.61. The minimum atomic E-state index is -0.149. The highest BCUT2D eigenvalue weighted by Crippen LogP contribution is 2.13. The van der Waals surface area contributed by atoms with Crippen molar-refractivity contribution in [3.05, 3.63) is 0 Å². The summed E-state index contributed by atoms with van der Waals surface area (Å²) in [5.41, 5.74) is -0.149. The molecule has 0 saturated heterocycles. The molecule has 0 saturated carbocycles. The van der Waals surface area contributed by atoms with Crippen LogP contribution in [0.1, 0.15) is 47.0 Å². The summed E-state index contributed by atoms with van der Waals surface area (Å²) in [6.07, 6.45) is 2.49. The highest BCUT2D eigenvalue weighted by Gasteiger charge is 2.16. The minimum Gasteiger partial charge on any atom is -0.368 e. The first kappa shape index (κ1) is 11.6. The van der Waals surface area contributed by atoms with E-state index in [1.54, 1.807) is 0 Å². The predicted molar refractivity (Wildman–Crippen MR) is 50.2 cm³/mol. The van der Waals surface area contributed by atoms with Gasteiger partial charge in [-0.3, -0.25) is 4.79 Å². The number of hydrogen-bond acceptors (Lipinski definition) is 2. The van der Waals surface area contributed by atoms with Crippen molar-refractivity contribution in [3.8, 4) is 0 Å². The van der Waals surface area contributed by atoms with Gasteiger partial charge in [0.25, 0.3) is 0 Å². The zero-order valence-corrected chi connectivity index (χ0v) is 8.64. The van der Waals surface area contributed by atoms with Crippen molar-refractivity contribution in [1.29, 1.82) is 0 Å². The molecule has 0 fully saturated rings. The number of carbonyl (C=O) groups is 1. The van der Waals surface area contributed by atoms with Crippen molar-refractivity contribution < 1.29 is 9.53 Å². The molecule has 0 aliphatic rings. The Morgan fingerprint density at radius 2 is 1.92 bits per heavy atom. The second-order valence-electron chi connectivity index (χ2n) is 3.69. The lowest BCUT2D eigenvalue weighted by molar-refractivity contribution is -0.129. The SMILES string of the molecule is CCCC(=O)COC(C)(C)CC. The maximum Gasteiger partial charge on any atom is 0.158 e. The van der Waals surface area contributed by atoms with Gasteiger partial charge in [0, 0.05) is 6.42 Å². The lowest BCUT2D eigenvalue weighted by Gasteiger charge is -2.22. The van der Waals surface area contributed by atoms with Crippen LogP contribution < -0.4 is 0 Å². The van der Waals surface area contributed by atoms with Gasteiger partial charge in [-0.15, -0.1) is 0 Å². The molecule has 0 bridgehead atoms. The van der Waals surface area contributed by atoms with Crippen molar-refractivity contribution in [2.75, 3.05) is 6.61 Å².